The minimum absolute atomic E-state index is 0.908. The first-order valence-corrected chi connectivity index (χ1v) is 19.2. The molecule has 262 valence electrons. The van der Waals surface area contributed by atoms with Crippen LogP contribution in [-0.4, -0.2) is 0 Å². The lowest BCUT2D eigenvalue weighted by Crippen LogP contribution is -2.10. The Morgan fingerprint density at radius 1 is 0.304 bits per heavy atom. The second-order valence-corrected chi connectivity index (χ2v) is 14.5. The van der Waals surface area contributed by atoms with Crippen LogP contribution in [0.2, 0.25) is 0 Å². The summed E-state index contributed by atoms with van der Waals surface area (Å²) in [6.45, 7) is 0. The van der Waals surface area contributed by atoms with Gasteiger partial charge in [-0.25, -0.2) is 0 Å². The second-order valence-electron chi connectivity index (χ2n) is 14.5. The molecule has 0 unspecified atom stereocenters. The van der Waals surface area contributed by atoms with E-state index < -0.39 is 0 Å². The van der Waals surface area contributed by atoms with Crippen LogP contribution in [0.15, 0.2) is 217 Å². The van der Waals surface area contributed by atoms with Crippen LogP contribution in [0.3, 0.4) is 0 Å². The normalized spacial score (nSPS) is 11.6. The minimum Gasteiger partial charge on any atom is -0.455 e. The number of anilines is 3. The maximum atomic E-state index is 6.43. The van der Waals surface area contributed by atoms with Gasteiger partial charge >= 0.3 is 0 Å². The number of hydrogen-bond donors (Lipinski definition) is 0. The largest absolute Gasteiger partial charge is 0.455 e. The van der Waals surface area contributed by atoms with E-state index in [0.717, 1.165) is 50.1 Å². The van der Waals surface area contributed by atoms with Crippen LogP contribution in [0.5, 0.6) is 0 Å². The van der Waals surface area contributed by atoms with E-state index in [1.165, 1.54) is 54.6 Å². The zero-order valence-corrected chi connectivity index (χ0v) is 30.6. The fourth-order valence-corrected chi connectivity index (χ4v) is 8.54. The third-order valence-electron chi connectivity index (χ3n) is 11.3. The number of fused-ring (bicyclic) bond motifs is 7. The van der Waals surface area contributed by atoms with Gasteiger partial charge in [-0.15, -0.1) is 0 Å². The van der Waals surface area contributed by atoms with Crippen molar-refractivity contribution in [1.82, 2.24) is 0 Å². The van der Waals surface area contributed by atoms with Crippen LogP contribution in [0.1, 0.15) is 0 Å². The van der Waals surface area contributed by atoms with Gasteiger partial charge in [-0.1, -0.05) is 176 Å². The van der Waals surface area contributed by atoms with Gasteiger partial charge in [0.05, 0.1) is 5.69 Å². The van der Waals surface area contributed by atoms with E-state index in [4.69, 9.17) is 4.42 Å². The predicted octanol–water partition coefficient (Wildman–Crippen LogP) is 15.5. The van der Waals surface area contributed by atoms with Crippen molar-refractivity contribution >= 4 is 71.3 Å². The molecule has 11 aromatic rings. The van der Waals surface area contributed by atoms with Crippen LogP contribution in [0.4, 0.5) is 17.1 Å². The van der Waals surface area contributed by atoms with E-state index in [9.17, 15) is 0 Å². The quantitative estimate of drug-likeness (QED) is 0.160. The highest BCUT2D eigenvalue weighted by atomic mass is 16.3. The molecular formula is C54H35NO. The molecule has 11 rings (SSSR count). The molecule has 0 bridgehead atoms. The Morgan fingerprint density at radius 2 is 0.786 bits per heavy atom. The summed E-state index contributed by atoms with van der Waals surface area (Å²) in [4.78, 5) is 2.40. The van der Waals surface area contributed by atoms with Crippen molar-refractivity contribution in [2.45, 2.75) is 0 Å². The van der Waals surface area contributed by atoms with Crippen molar-refractivity contribution in [1.29, 1.82) is 0 Å². The van der Waals surface area contributed by atoms with E-state index >= 15 is 0 Å². The topological polar surface area (TPSA) is 16.4 Å². The van der Waals surface area contributed by atoms with Crippen molar-refractivity contribution < 1.29 is 4.42 Å². The number of nitrogens with zero attached hydrogens (tertiary/aromatic N) is 1. The van der Waals surface area contributed by atoms with E-state index in [1.54, 1.807) is 0 Å². The van der Waals surface area contributed by atoms with Crippen LogP contribution in [0, 0.1) is 0 Å². The molecule has 0 radical (unpaired) electrons. The number of hydrogen-bond acceptors (Lipinski definition) is 2. The number of para-hydroxylation sites is 2. The maximum absolute atomic E-state index is 6.43. The third-order valence-corrected chi connectivity index (χ3v) is 11.3. The molecule has 2 nitrogen and oxygen atoms in total. The van der Waals surface area contributed by atoms with Gasteiger partial charge in [0, 0.05) is 33.1 Å². The summed E-state index contributed by atoms with van der Waals surface area (Å²) in [5, 5.41) is 9.71. The lowest BCUT2D eigenvalue weighted by molar-refractivity contribution is 0.670. The fourth-order valence-electron chi connectivity index (χ4n) is 8.54. The molecule has 0 aliphatic carbocycles. The van der Waals surface area contributed by atoms with Crippen LogP contribution in [-0.2, 0) is 0 Å². The molecule has 0 N–H and O–H groups in total. The highest BCUT2D eigenvalue weighted by molar-refractivity contribution is 6.15. The summed E-state index contributed by atoms with van der Waals surface area (Å²) in [6.07, 6.45) is 0. The summed E-state index contributed by atoms with van der Waals surface area (Å²) < 4.78 is 6.43. The smallest absolute Gasteiger partial charge is 0.143 e. The number of benzene rings is 10. The van der Waals surface area contributed by atoms with Gasteiger partial charge < -0.3 is 9.32 Å². The molecule has 2 heteroatoms. The van der Waals surface area contributed by atoms with E-state index in [-0.39, 0.29) is 0 Å². The third kappa shape index (κ3) is 5.34. The summed E-state index contributed by atoms with van der Waals surface area (Å²) in [5.74, 6) is 0. The zero-order valence-electron chi connectivity index (χ0n) is 30.6. The van der Waals surface area contributed by atoms with E-state index in [0.29, 0.717) is 0 Å². The summed E-state index contributed by atoms with van der Waals surface area (Å²) >= 11 is 0. The molecular weight excluding hydrogens is 679 g/mol. The first kappa shape index (κ1) is 32.0. The molecule has 0 atom stereocenters. The molecule has 0 amide bonds. The van der Waals surface area contributed by atoms with Gasteiger partial charge in [-0.3, -0.25) is 0 Å². The van der Waals surface area contributed by atoms with Crippen LogP contribution in [0.25, 0.3) is 87.6 Å². The molecule has 1 heterocycles. The van der Waals surface area contributed by atoms with Gasteiger partial charge in [-0.2, -0.15) is 0 Å². The maximum Gasteiger partial charge on any atom is 0.143 e. The average Bonchev–Trinajstić information content (AvgIpc) is 3.66. The van der Waals surface area contributed by atoms with Crippen LogP contribution >= 0.6 is 0 Å². The Balaban J connectivity index is 1.01. The van der Waals surface area contributed by atoms with Crippen LogP contribution < -0.4 is 4.90 Å². The Kier molecular flexibility index (Phi) is 7.53. The molecule has 10 aromatic carbocycles. The number of rotatable bonds is 6. The predicted molar refractivity (Wildman–Crippen MR) is 237 cm³/mol. The molecule has 56 heavy (non-hydrogen) atoms. The Hall–Kier alpha value is -7.42. The first-order chi connectivity index (χ1) is 27.8. The van der Waals surface area contributed by atoms with Crippen molar-refractivity contribution in [3.8, 4) is 33.4 Å². The molecule has 1 aromatic heterocycles. The van der Waals surface area contributed by atoms with Crippen molar-refractivity contribution in [3.63, 3.8) is 0 Å². The van der Waals surface area contributed by atoms with Crippen molar-refractivity contribution in [2.24, 2.45) is 0 Å². The molecule has 0 saturated carbocycles. The van der Waals surface area contributed by atoms with Gasteiger partial charge in [0.2, 0.25) is 0 Å². The lowest BCUT2D eigenvalue weighted by Gasteiger charge is -2.28. The highest BCUT2D eigenvalue weighted by Crippen LogP contribution is 2.43. The van der Waals surface area contributed by atoms with Gasteiger partial charge in [0.15, 0.2) is 0 Å². The SMILES string of the molecule is c1ccc2c(-c3ccc(-c4ccc(N(c5ccc(-c6cccc7c6oc6ccccc67)cc5)c5cccc6ccc7ccccc7c56)cc4)cc3)cccc2c1. The lowest BCUT2D eigenvalue weighted by atomic mass is 9.96. The Bertz CT molecular complexity index is 3220. The summed E-state index contributed by atoms with van der Waals surface area (Å²) in [5.41, 5.74) is 12.2. The molecule has 0 fully saturated rings. The zero-order chi connectivity index (χ0) is 37.0. The summed E-state index contributed by atoms with van der Waals surface area (Å²) in [7, 11) is 0. The molecule has 0 saturated heterocycles. The Labute approximate surface area is 325 Å². The van der Waals surface area contributed by atoms with E-state index in [1.807, 2.05) is 12.1 Å². The molecule has 0 spiro atoms. The minimum atomic E-state index is 0.908. The monoisotopic (exact) mass is 713 g/mol. The number of furan rings is 1. The van der Waals surface area contributed by atoms with Gasteiger partial charge in [0.25, 0.3) is 0 Å². The summed E-state index contributed by atoms with van der Waals surface area (Å²) in [6, 6.07) is 76.5. The molecule has 0 aliphatic heterocycles. The molecule has 0 aliphatic rings. The van der Waals surface area contributed by atoms with Crippen molar-refractivity contribution in [3.05, 3.63) is 212 Å². The second kappa shape index (κ2) is 13.2. The standard InChI is InChI=1S/C54H35NO/c1-3-14-45-38(10-1)12-7-17-46(45)40-24-22-36(23-25-40)37-28-32-43(33-29-37)55(51-20-8-13-42-27-26-39-11-2-4-15-47(39)53(42)51)44-34-30-41(31-35-44)48-18-9-19-50-49-16-5-6-21-52(49)56-54(48)50/h1-35H. The highest BCUT2D eigenvalue weighted by Gasteiger charge is 2.19. The van der Waals surface area contributed by atoms with Gasteiger partial charge in [-0.05, 0) is 91.1 Å². The van der Waals surface area contributed by atoms with Gasteiger partial charge in [0.1, 0.15) is 11.2 Å². The average molecular weight is 714 g/mol. The van der Waals surface area contributed by atoms with Crippen molar-refractivity contribution in [2.75, 3.05) is 4.90 Å². The van der Waals surface area contributed by atoms with E-state index in [2.05, 4.69) is 205 Å². The first-order valence-electron chi connectivity index (χ1n) is 19.2. The Morgan fingerprint density at radius 3 is 1.55 bits per heavy atom. The fraction of sp³-hybridized carbons (Fsp3) is 0.